The van der Waals surface area contributed by atoms with Gasteiger partial charge in [-0.15, -0.1) is 13.2 Å². The minimum Gasteiger partial charge on any atom is -0.496 e. The van der Waals surface area contributed by atoms with Crippen LogP contribution in [-0.2, 0) is 13.5 Å². The molecule has 33 heavy (non-hydrogen) atoms. The maximum absolute atomic E-state index is 13.6. The van der Waals surface area contributed by atoms with Gasteiger partial charge < -0.3 is 9.30 Å². The summed E-state index contributed by atoms with van der Waals surface area (Å²) in [6.45, 7) is 7.75. The first-order valence-corrected chi connectivity index (χ1v) is 10.8. The van der Waals surface area contributed by atoms with Gasteiger partial charge in [0.1, 0.15) is 5.75 Å². The van der Waals surface area contributed by atoms with E-state index in [1.807, 2.05) is 55.6 Å². The van der Waals surface area contributed by atoms with Crippen molar-refractivity contribution in [3.05, 3.63) is 90.5 Å². The molecule has 0 aliphatic carbocycles. The Morgan fingerprint density at radius 2 is 1.67 bits per heavy atom. The highest BCUT2D eigenvalue weighted by Crippen LogP contribution is 2.43. The summed E-state index contributed by atoms with van der Waals surface area (Å²) in [5.41, 5.74) is 5.42. The fraction of sp³-hybridized carbons (Fsp3) is 0.143. The van der Waals surface area contributed by atoms with E-state index >= 15 is 0 Å². The molecule has 2 heterocycles. The molecule has 1 aromatic heterocycles. The van der Waals surface area contributed by atoms with Crippen molar-refractivity contribution in [1.29, 1.82) is 0 Å². The number of benzene rings is 3. The standard InChI is InChI=1S/C28H24N2O3/c1-5-10-18-14-21-20(16-23(18)33-4)24-22(29(21)3)15-19(17-11-8-7-9-12-17)25-26(24)28(32)30(13-6-2)27(25)31/h5-9,11-12,14-16H,1-2,10,13H2,3-4H3. The second-order valence-electron chi connectivity index (χ2n) is 8.18. The van der Waals surface area contributed by atoms with Crippen LogP contribution in [-0.4, -0.2) is 34.9 Å². The second kappa shape index (κ2) is 7.78. The third-order valence-electron chi connectivity index (χ3n) is 6.38. The number of ether oxygens (including phenoxy) is 1. The Kier molecular flexibility index (Phi) is 4.90. The van der Waals surface area contributed by atoms with Gasteiger partial charge in [0.2, 0.25) is 0 Å². The van der Waals surface area contributed by atoms with Crippen molar-refractivity contribution >= 4 is 33.6 Å². The highest BCUT2D eigenvalue weighted by molar-refractivity contribution is 6.32. The van der Waals surface area contributed by atoms with Crippen LogP contribution < -0.4 is 4.74 Å². The monoisotopic (exact) mass is 436 g/mol. The number of allylic oxidation sites excluding steroid dienone is 1. The number of carbonyl (C=O) groups excluding carboxylic acids is 2. The van der Waals surface area contributed by atoms with E-state index in [0.29, 0.717) is 17.5 Å². The third-order valence-corrected chi connectivity index (χ3v) is 6.38. The van der Waals surface area contributed by atoms with Crippen LogP contribution in [0.5, 0.6) is 5.75 Å². The van der Waals surface area contributed by atoms with Gasteiger partial charge in [0, 0.05) is 29.9 Å². The third kappa shape index (κ3) is 2.93. The minimum absolute atomic E-state index is 0.166. The molecule has 0 bridgehead atoms. The van der Waals surface area contributed by atoms with Crippen molar-refractivity contribution in [2.45, 2.75) is 6.42 Å². The molecule has 2 amide bonds. The van der Waals surface area contributed by atoms with Gasteiger partial charge in [-0.2, -0.15) is 0 Å². The van der Waals surface area contributed by atoms with Gasteiger partial charge in [0.25, 0.3) is 11.8 Å². The van der Waals surface area contributed by atoms with Crippen LogP contribution in [0.4, 0.5) is 0 Å². The first-order chi connectivity index (χ1) is 16.0. The van der Waals surface area contributed by atoms with E-state index in [4.69, 9.17) is 4.74 Å². The largest absolute Gasteiger partial charge is 0.496 e. The molecule has 3 aromatic carbocycles. The van der Waals surface area contributed by atoms with Crippen LogP contribution in [0.2, 0.25) is 0 Å². The highest BCUT2D eigenvalue weighted by atomic mass is 16.5. The average Bonchev–Trinajstić information content (AvgIpc) is 3.25. The number of hydrogen-bond donors (Lipinski definition) is 0. The van der Waals surface area contributed by atoms with E-state index in [9.17, 15) is 9.59 Å². The van der Waals surface area contributed by atoms with Crippen molar-refractivity contribution in [3.8, 4) is 16.9 Å². The maximum atomic E-state index is 13.6. The number of aromatic nitrogens is 1. The van der Waals surface area contributed by atoms with Crippen LogP contribution in [0.25, 0.3) is 32.9 Å². The number of nitrogens with zero attached hydrogens (tertiary/aromatic N) is 2. The lowest BCUT2D eigenvalue weighted by Gasteiger charge is -2.11. The van der Waals surface area contributed by atoms with Gasteiger partial charge in [-0.05, 0) is 41.3 Å². The normalized spacial score (nSPS) is 13.1. The van der Waals surface area contributed by atoms with Gasteiger partial charge in [-0.25, -0.2) is 0 Å². The molecule has 4 aromatic rings. The predicted octanol–water partition coefficient (Wildman–Crippen LogP) is 5.52. The molecule has 0 radical (unpaired) electrons. The van der Waals surface area contributed by atoms with Crippen LogP contribution in [0.1, 0.15) is 26.3 Å². The lowest BCUT2D eigenvalue weighted by atomic mass is 9.92. The molecule has 0 saturated heterocycles. The van der Waals surface area contributed by atoms with Gasteiger partial charge in [0.15, 0.2) is 0 Å². The molecule has 0 N–H and O–H groups in total. The van der Waals surface area contributed by atoms with Crippen molar-refractivity contribution in [2.75, 3.05) is 13.7 Å². The molecule has 1 aliphatic rings. The number of aryl methyl sites for hydroxylation is 1. The zero-order chi connectivity index (χ0) is 23.3. The Hall–Kier alpha value is -4.12. The van der Waals surface area contributed by atoms with Crippen LogP contribution in [0.3, 0.4) is 0 Å². The van der Waals surface area contributed by atoms with Crippen LogP contribution in [0.15, 0.2) is 73.8 Å². The Bertz CT molecular complexity index is 1480. The SMILES string of the molecule is C=CCc1cc2c(cc1OC)c1c3c(c(-c4ccccc4)cc1n2C)C(=O)N(CC=C)C3=O. The van der Waals surface area contributed by atoms with Crippen molar-refractivity contribution in [3.63, 3.8) is 0 Å². The van der Waals surface area contributed by atoms with E-state index in [2.05, 4.69) is 23.8 Å². The molecule has 0 saturated carbocycles. The Balaban J connectivity index is 1.95. The molecule has 0 spiro atoms. The number of rotatable bonds is 6. The lowest BCUT2D eigenvalue weighted by molar-refractivity contribution is 0.0673. The number of amides is 2. The van der Waals surface area contributed by atoms with Gasteiger partial charge in [-0.1, -0.05) is 42.5 Å². The lowest BCUT2D eigenvalue weighted by Crippen LogP contribution is -2.29. The van der Waals surface area contributed by atoms with E-state index in [1.54, 1.807) is 13.2 Å². The predicted molar refractivity (Wildman–Crippen MR) is 132 cm³/mol. The topological polar surface area (TPSA) is 51.5 Å². The van der Waals surface area contributed by atoms with E-state index in [-0.39, 0.29) is 18.4 Å². The van der Waals surface area contributed by atoms with E-state index < -0.39 is 0 Å². The van der Waals surface area contributed by atoms with E-state index in [0.717, 1.165) is 44.2 Å². The van der Waals surface area contributed by atoms with Crippen molar-refractivity contribution in [2.24, 2.45) is 7.05 Å². The van der Waals surface area contributed by atoms with Gasteiger partial charge in [0.05, 0.1) is 23.8 Å². The Morgan fingerprint density at radius 3 is 2.33 bits per heavy atom. The minimum atomic E-state index is -0.292. The molecule has 5 heteroatoms. The number of methoxy groups -OCH3 is 1. The first kappa shape index (κ1) is 20.8. The zero-order valence-electron chi connectivity index (χ0n) is 18.7. The van der Waals surface area contributed by atoms with Crippen molar-refractivity contribution < 1.29 is 14.3 Å². The molecular formula is C28H24N2O3. The molecular weight excluding hydrogens is 412 g/mol. The quantitative estimate of drug-likeness (QED) is 0.295. The van der Waals surface area contributed by atoms with Crippen molar-refractivity contribution in [1.82, 2.24) is 9.47 Å². The van der Waals surface area contributed by atoms with Gasteiger partial charge >= 0.3 is 0 Å². The smallest absolute Gasteiger partial charge is 0.262 e. The molecule has 5 nitrogen and oxygen atoms in total. The molecule has 1 aliphatic heterocycles. The summed E-state index contributed by atoms with van der Waals surface area (Å²) in [5, 5.41) is 1.66. The number of fused-ring (bicyclic) bond motifs is 5. The van der Waals surface area contributed by atoms with Gasteiger partial charge in [-0.3, -0.25) is 14.5 Å². The highest BCUT2D eigenvalue weighted by Gasteiger charge is 2.40. The number of imide groups is 1. The second-order valence-corrected chi connectivity index (χ2v) is 8.18. The van der Waals surface area contributed by atoms with Crippen LogP contribution in [0, 0.1) is 0 Å². The molecule has 0 fully saturated rings. The van der Waals surface area contributed by atoms with Crippen LogP contribution >= 0.6 is 0 Å². The molecule has 0 unspecified atom stereocenters. The van der Waals surface area contributed by atoms with E-state index in [1.165, 1.54) is 4.90 Å². The fourth-order valence-corrected chi connectivity index (χ4v) is 4.87. The summed E-state index contributed by atoms with van der Waals surface area (Å²) >= 11 is 0. The first-order valence-electron chi connectivity index (χ1n) is 10.8. The maximum Gasteiger partial charge on any atom is 0.262 e. The summed E-state index contributed by atoms with van der Waals surface area (Å²) in [7, 11) is 3.62. The Labute approximate surface area is 192 Å². The Morgan fingerprint density at radius 1 is 0.939 bits per heavy atom. The molecule has 0 atom stereocenters. The average molecular weight is 437 g/mol. The molecule has 5 rings (SSSR count). The summed E-state index contributed by atoms with van der Waals surface area (Å²) in [6, 6.07) is 15.8. The number of carbonyl (C=O) groups is 2. The number of hydrogen-bond acceptors (Lipinski definition) is 3. The summed E-state index contributed by atoms with van der Waals surface area (Å²) < 4.78 is 7.73. The fourth-order valence-electron chi connectivity index (χ4n) is 4.87. The molecule has 164 valence electrons. The zero-order valence-corrected chi connectivity index (χ0v) is 18.7. The summed E-state index contributed by atoms with van der Waals surface area (Å²) in [6.07, 6.45) is 4.08. The summed E-state index contributed by atoms with van der Waals surface area (Å²) in [4.78, 5) is 28.3. The summed E-state index contributed by atoms with van der Waals surface area (Å²) in [5.74, 6) is 0.151.